The van der Waals surface area contributed by atoms with Gasteiger partial charge in [-0.3, -0.25) is 4.79 Å². The summed E-state index contributed by atoms with van der Waals surface area (Å²) < 4.78 is 8.29. The van der Waals surface area contributed by atoms with Gasteiger partial charge in [0.15, 0.2) is 0 Å². The number of para-hydroxylation sites is 2. The van der Waals surface area contributed by atoms with Gasteiger partial charge in [0.2, 0.25) is 5.91 Å². The maximum atomic E-state index is 12.3. The highest BCUT2D eigenvalue weighted by molar-refractivity contribution is 6.32. The molecule has 0 bridgehead atoms. The highest BCUT2D eigenvalue weighted by Gasteiger charge is 2.11. The van der Waals surface area contributed by atoms with Crippen molar-refractivity contribution in [3.63, 3.8) is 0 Å². The maximum absolute atomic E-state index is 12.3. The molecule has 7 heteroatoms. The van der Waals surface area contributed by atoms with E-state index in [-0.39, 0.29) is 5.91 Å². The minimum Gasteiger partial charge on any atom is -0.494 e. The topological polar surface area (TPSA) is 56.1 Å². The number of carbonyl (C=O) groups is 1. The summed E-state index contributed by atoms with van der Waals surface area (Å²) in [6, 6.07) is 19.6. The van der Waals surface area contributed by atoms with Crippen LogP contribution in [0, 0.1) is 13.8 Å². The predicted molar refractivity (Wildman–Crippen MR) is 152 cm³/mol. The highest BCUT2D eigenvalue weighted by atomic mass is 35.5. The highest BCUT2D eigenvalue weighted by Crippen LogP contribution is 2.26. The first-order valence-electron chi connectivity index (χ1n) is 12.8. The Hall–Kier alpha value is -3.02. The Balaban J connectivity index is 1.26. The summed E-state index contributed by atoms with van der Waals surface area (Å²) in [5, 5.41) is 4.49. The number of aryl methyl sites for hydroxylation is 4. The number of hydrogen-bond donors (Lipinski definition) is 1. The third-order valence-corrected chi connectivity index (χ3v) is 7.21. The number of imidazole rings is 1. The van der Waals surface area contributed by atoms with Crippen LogP contribution in [0.4, 0.5) is 0 Å². The number of hydrogen-bond acceptors (Lipinski definition) is 3. The Morgan fingerprint density at radius 2 is 1.70 bits per heavy atom. The molecule has 0 aliphatic rings. The third-order valence-electron chi connectivity index (χ3n) is 6.37. The molecule has 4 aromatic rings. The minimum absolute atomic E-state index is 0.0156. The molecule has 37 heavy (non-hydrogen) atoms. The molecule has 0 spiro atoms. The molecular formula is C30H33Cl2N3O2. The van der Waals surface area contributed by atoms with Crippen molar-refractivity contribution in [1.29, 1.82) is 0 Å². The molecule has 5 nitrogen and oxygen atoms in total. The van der Waals surface area contributed by atoms with Crippen LogP contribution in [0.15, 0.2) is 60.7 Å². The number of rotatable bonds is 12. The number of unbranched alkanes of at least 4 members (excludes halogenated alkanes) is 1. The normalized spacial score (nSPS) is 11.1. The number of aromatic nitrogens is 2. The van der Waals surface area contributed by atoms with E-state index in [0.29, 0.717) is 24.6 Å². The van der Waals surface area contributed by atoms with E-state index in [0.717, 1.165) is 76.5 Å². The number of nitrogens with one attached hydrogen (secondary N) is 1. The number of amides is 1. The molecular weight excluding hydrogens is 505 g/mol. The SMILES string of the molecule is Cc1cc(OCCCCn2c(CCCNC(=O)Cc3ccc(Cl)cc3)nc3ccccc32)cc(C)c1Cl. The van der Waals surface area contributed by atoms with Gasteiger partial charge in [0.25, 0.3) is 0 Å². The van der Waals surface area contributed by atoms with Gasteiger partial charge in [-0.15, -0.1) is 0 Å². The monoisotopic (exact) mass is 537 g/mol. The van der Waals surface area contributed by atoms with Crippen LogP contribution in [0.2, 0.25) is 10.0 Å². The lowest BCUT2D eigenvalue weighted by Gasteiger charge is -2.12. The lowest BCUT2D eigenvalue weighted by molar-refractivity contribution is -0.120. The quantitative estimate of drug-likeness (QED) is 0.196. The van der Waals surface area contributed by atoms with Crippen LogP contribution in [0.3, 0.4) is 0 Å². The molecule has 194 valence electrons. The van der Waals surface area contributed by atoms with Crippen LogP contribution >= 0.6 is 23.2 Å². The van der Waals surface area contributed by atoms with Crippen LogP contribution in [0.25, 0.3) is 11.0 Å². The van der Waals surface area contributed by atoms with E-state index in [1.54, 1.807) is 12.1 Å². The molecule has 3 aromatic carbocycles. The van der Waals surface area contributed by atoms with Crippen molar-refractivity contribution < 1.29 is 9.53 Å². The maximum Gasteiger partial charge on any atom is 0.224 e. The molecule has 1 aromatic heterocycles. The van der Waals surface area contributed by atoms with Gasteiger partial charge in [-0.1, -0.05) is 47.5 Å². The molecule has 0 atom stereocenters. The first-order valence-corrected chi connectivity index (χ1v) is 13.5. The lowest BCUT2D eigenvalue weighted by atomic mass is 10.1. The average molecular weight is 539 g/mol. The summed E-state index contributed by atoms with van der Waals surface area (Å²) in [7, 11) is 0. The van der Waals surface area contributed by atoms with Crippen molar-refractivity contribution >= 4 is 40.1 Å². The third kappa shape index (κ3) is 7.50. The Morgan fingerprint density at radius 1 is 0.973 bits per heavy atom. The van der Waals surface area contributed by atoms with Gasteiger partial charge in [0.1, 0.15) is 11.6 Å². The molecule has 0 aliphatic heterocycles. The van der Waals surface area contributed by atoms with Crippen molar-refractivity contribution in [3.05, 3.63) is 93.2 Å². The zero-order valence-corrected chi connectivity index (χ0v) is 22.9. The zero-order chi connectivity index (χ0) is 26.2. The molecule has 1 N–H and O–H groups in total. The van der Waals surface area contributed by atoms with Gasteiger partial charge in [-0.05, 0) is 86.2 Å². The van der Waals surface area contributed by atoms with E-state index in [1.165, 1.54) is 0 Å². The minimum atomic E-state index is 0.0156. The second-order valence-electron chi connectivity index (χ2n) is 9.35. The van der Waals surface area contributed by atoms with Crippen LogP contribution in [0.5, 0.6) is 5.75 Å². The Labute approximate surface area is 228 Å². The molecule has 1 heterocycles. The molecule has 1 amide bonds. The van der Waals surface area contributed by atoms with Crippen molar-refractivity contribution in [2.75, 3.05) is 13.2 Å². The summed E-state index contributed by atoms with van der Waals surface area (Å²) >= 11 is 12.2. The van der Waals surface area contributed by atoms with Crippen LogP contribution in [0.1, 0.15) is 41.8 Å². The van der Waals surface area contributed by atoms with E-state index >= 15 is 0 Å². The van der Waals surface area contributed by atoms with E-state index < -0.39 is 0 Å². The van der Waals surface area contributed by atoms with E-state index in [2.05, 4.69) is 28.1 Å². The van der Waals surface area contributed by atoms with Gasteiger partial charge < -0.3 is 14.6 Å². The summed E-state index contributed by atoms with van der Waals surface area (Å²) in [6.45, 7) is 6.14. The van der Waals surface area contributed by atoms with Crippen molar-refractivity contribution in [2.45, 2.75) is 52.5 Å². The van der Waals surface area contributed by atoms with Gasteiger partial charge in [-0.2, -0.15) is 0 Å². The van der Waals surface area contributed by atoms with Gasteiger partial charge >= 0.3 is 0 Å². The lowest BCUT2D eigenvalue weighted by Crippen LogP contribution is -2.26. The van der Waals surface area contributed by atoms with Gasteiger partial charge in [0, 0.05) is 29.6 Å². The van der Waals surface area contributed by atoms with Crippen molar-refractivity contribution in [2.24, 2.45) is 0 Å². The summed E-state index contributed by atoms with van der Waals surface area (Å²) in [5.41, 5.74) is 5.18. The van der Waals surface area contributed by atoms with Crippen molar-refractivity contribution in [3.8, 4) is 5.75 Å². The van der Waals surface area contributed by atoms with Crippen LogP contribution < -0.4 is 10.1 Å². The van der Waals surface area contributed by atoms with E-state index in [9.17, 15) is 4.79 Å². The number of carbonyl (C=O) groups excluding carboxylic acids is 1. The Bertz CT molecular complexity index is 1330. The smallest absolute Gasteiger partial charge is 0.224 e. The molecule has 4 rings (SSSR count). The van der Waals surface area contributed by atoms with Gasteiger partial charge in [0.05, 0.1) is 24.1 Å². The van der Waals surface area contributed by atoms with Crippen LogP contribution in [-0.2, 0) is 24.2 Å². The van der Waals surface area contributed by atoms with Crippen molar-refractivity contribution in [1.82, 2.24) is 14.9 Å². The standard InChI is InChI=1S/C30H33Cl2N3O2/c1-21-18-25(19-22(2)30(21)32)37-17-6-5-16-35-27-9-4-3-8-26(27)34-28(35)10-7-15-33-29(36)20-23-11-13-24(31)14-12-23/h3-4,8-9,11-14,18-19H,5-7,10,15-17,20H2,1-2H3,(H,33,36). The first kappa shape index (κ1) is 27.0. The Morgan fingerprint density at radius 3 is 2.46 bits per heavy atom. The number of nitrogens with zero attached hydrogens (tertiary/aromatic N) is 2. The fraction of sp³-hybridized carbons (Fsp3) is 0.333. The van der Waals surface area contributed by atoms with E-state index in [1.807, 2.05) is 44.2 Å². The molecule has 0 unspecified atom stereocenters. The fourth-order valence-corrected chi connectivity index (χ4v) is 4.68. The largest absolute Gasteiger partial charge is 0.494 e. The molecule has 0 saturated heterocycles. The number of benzene rings is 3. The average Bonchev–Trinajstić information content (AvgIpc) is 3.23. The number of ether oxygens (including phenoxy) is 1. The van der Waals surface area contributed by atoms with Crippen LogP contribution in [-0.4, -0.2) is 28.6 Å². The zero-order valence-electron chi connectivity index (χ0n) is 21.4. The molecule has 0 radical (unpaired) electrons. The number of fused-ring (bicyclic) bond motifs is 1. The second kappa shape index (κ2) is 13.0. The summed E-state index contributed by atoms with van der Waals surface area (Å²) in [6.07, 6.45) is 3.90. The van der Waals surface area contributed by atoms with Gasteiger partial charge in [-0.25, -0.2) is 4.98 Å². The predicted octanol–water partition coefficient (Wildman–Crippen LogP) is 7.11. The second-order valence-corrected chi connectivity index (χ2v) is 10.2. The molecule has 0 aliphatic carbocycles. The Kier molecular flexibility index (Phi) is 9.48. The molecule has 0 fully saturated rings. The summed E-state index contributed by atoms with van der Waals surface area (Å²) in [4.78, 5) is 17.2. The number of halogens is 2. The van der Waals surface area contributed by atoms with E-state index in [4.69, 9.17) is 32.9 Å². The summed E-state index contributed by atoms with van der Waals surface area (Å²) in [5.74, 6) is 1.94. The molecule has 0 saturated carbocycles. The fourth-order valence-electron chi connectivity index (χ4n) is 4.44. The first-order chi connectivity index (χ1) is 17.9.